The van der Waals surface area contributed by atoms with E-state index in [0.717, 1.165) is 17.2 Å². The molecule has 2 aromatic heterocycles. The van der Waals surface area contributed by atoms with Crippen molar-refractivity contribution in [3.8, 4) is 0 Å². The highest BCUT2D eigenvalue weighted by Crippen LogP contribution is 2.13. The lowest BCUT2D eigenvalue weighted by Crippen LogP contribution is -2.35. The Labute approximate surface area is 122 Å². The SMILES string of the molecule is CCNC(COC)Cc1nc(Cc2nc(C)cs2)no1. The Balaban J connectivity index is 1.94. The van der Waals surface area contributed by atoms with E-state index in [1.165, 1.54) is 0 Å². The average molecular weight is 296 g/mol. The largest absolute Gasteiger partial charge is 0.383 e. The zero-order valence-corrected chi connectivity index (χ0v) is 12.9. The predicted molar refractivity (Wildman–Crippen MR) is 77.0 cm³/mol. The first-order valence-electron chi connectivity index (χ1n) is 6.66. The molecule has 0 spiro atoms. The predicted octanol–water partition coefficient (Wildman–Crippen LogP) is 1.59. The smallest absolute Gasteiger partial charge is 0.228 e. The zero-order chi connectivity index (χ0) is 14.4. The molecule has 0 aliphatic carbocycles. The number of nitrogens with one attached hydrogen (secondary N) is 1. The van der Waals surface area contributed by atoms with Crippen molar-refractivity contribution in [1.29, 1.82) is 0 Å². The van der Waals surface area contributed by atoms with Crippen LogP contribution < -0.4 is 5.32 Å². The van der Waals surface area contributed by atoms with Crippen molar-refractivity contribution in [3.63, 3.8) is 0 Å². The van der Waals surface area contributed by atoms with Crippen LogP contribution in [0.5, 0.6) is 0 Å². The van der Waals surface area contributed by atoms with E-state index in [-0.39, 0.29) is 6.04 Å². The van der Waals surface area contributed by atoms with Crippen molar-refractivity contribution in [1.82, 2.24) is 20.4 Å². The first kappa shape index (κ1) is 15.1. The van der Waals surface area contributed by atoms with Crippen LogP contribution in [0.25, 0.3) is 0 Å². The molecule has 110 valence electrons. The van der Waals surface area contributed by atoms with Crippen LogP contribution in [-0.2, 0) is 17.6 Å². The molecule has 0 fully saturated rings. The maximum absolute atomic E-state index is 5.29. The van der Waals surface area contributed by atoms with Crippen molar-refractivity contribution in [2.24, 2.45) is 0 Å². The van der Waals surface area contributed by atoms with Crippen LogP contribution in [0.1, 0.15) is 29.3 Å². The van der Waals surface area contributed by atoms with E-state index in [1.807, 2.05) is 12.3 Å². The highest BCUT2D eigenvalue weighted by atomic mass is 32.1. The highest BCUT2D eigenvalue weighted by Gasteiger charge is 2.14. The number of rotatable bonds is 8. The van der Waals surface area contributed by atoms with Gasteiger partial charge in [0.05, 0.1) is 13.0 Å². The van der Waals surface area contributed by atoms with E-state index in [4.69, 9.17) is 9.26 Å². The molecule has 0 aliphatic heterocycles. The number of thiazole rings is 1. The third-order valence-electron chi connectivity index (χ3n) is 2.77. The van der Waals surface area contributed by atoms with Crippen LogP contribution in [0.2, 0.25) is 0 Å². The molecule has 20 heavy (non-hydrogen) atoms. The van der Waals surface area contributed by atoms with Gasteiger partial charge in [0.25, 0.3) is 0 Å². The van der Waals surface area contributed by atoms with Crippen LogP contribution >= 0.6 is 11.3 Å². The summed E-state index contributed by atoms with van der Waals surface area (Å²) in [4.78, 5) is 8.81. The molecule has 2 heterocycles. The third-order valence-corrected chi connectivity index (χ3v) is 3.73. The highest BCUT2D eigenvalue weighted by molar-refractivity contribution is 7.09. The van der Waals surface area contributed by atoms with E-state index in [2.05, 4.69) is 27.4 Å². The Bertz CT molecular complexity index is 520. The van der Waals surface area contributed by atoms with Gasteiger partial charge in [-0.25, -0.2) is 4.98 Å². The zero-order valence-electron chi connectivity index (χ0n) is 12.0. The van der Waals surface area contributed by atoms with Crippen molar-refractivity contribution in [2.75, 3.05) is 20.3 Å². The summed E-state index contributed by atoms with van der Waals surface area (Å²) in [6.07, 6.45) is 1.30. The molecule has 0 aliphatic rings. The van der Waals surface area contributed by atoms with Crippen LogP contribution in [0, 0.1) is 6.92 Å². The number of hydrogen-bond acceptors (Lipinski definition) is 7. The van der Waals surface area contributed by atoms with Gasteiger partial charge in [0.1, 0.15) is 5.01 Å². The molecule has 0 amide bonds. The monoisotopic (exact) mass is 296 g/mol. The molecule has 0 saturated carbocycles. The minimum absolute atomic E-state index is 0.195. The average Bonchev–Trinajstić information content (AvgIpc) is 3.00. The van der Waals surface area contributed by atoms with Crippen LogP contribution in [0.15, 0.2) is 9.90 Å². The first-order chi connectivity index (χ1) is 9.71. The molecule has 1 unspecified atom stereocenters. The minimum Gasteiger partial charge on any atom is -0.383 e. The fourth-order valence-electron chi connectivity index (χ4n) is 1.95. The standard InChI is InChI=1S/C13H20N4O2S/c1-4-14-10(7-18-3)5-12-16-11(17-19-12)6-13-15-9(2)8-20-13/h8,10,14H,4-7H2,1-3H3. The van der Waals surface area contributed by atoms with Crippen LogP contribution in [-0.4, -0.2) is 41.4 Å². The summed E-state index contributed by atoms with van der Waals surface area (Å²) in [5.41, 5.74) is 1.03. The molecule has 0 saturated heterocycles. The fourth-order valence-corrected chi connectivity index (χ4v) is 2.72. The van der Waals surface area contributed by atoms with Crippen LogP contribution in [0.4, 0.5) is 0 Å². The maximum atomic E-state index is 5.29. The van der Waals surface area contributed by atoms with Gasteiger partial charge in [0.2, 0.25) is 5.89 Å². The number of hydrogen-bond donors (Lipinski definition) is 1. The summed E-state index contributed by atoms with van der Waals surface area (Å²) in [5.74, 6) is 1.32. The summed E-state index contributed by atoms with van der Waals surface area (Å²) in [6.45, 7) is 5.55. The van der Waals surface area contributed by atoms with E-state index >= 15 is 0 Å². The Kier molecular flexibility index (Phi) is 5.63. The lowest BCUT2D eigenvalue weighted by molar-refractivity contribution is 0.162. The van der Waals surface area contributed by atoms with E-state index < -0.39 is 0 Å². The molecular weight excluding hydrogens is 276 g/mol. The lowest BCUT2D eigenvalue weighted by atomic mass is 10.2. The van der Waals surface area contributed by atoms with Gasteiger partial charge >= 0.3 is 0 Å². The van der Waals surface area contributed by atoms with Gasteiger partial charge in [-0.1, -0.05) is 12.1 Å². The second kappa shape index (κ2) is 7.47. The number of aryl methyl sites for hydroxylation is 1. The van der Waals surface area contributed by atoms with Crippen molar-refractivity contribution >= 4 is 11.3 Å². The molecule has 2 aromatic rings. The van der Waals surface area contributed by atoms with Gasteiger partial charge in [0, 0.05) is 30.6 Å². The summed E-state index contributed by atoms with van der Waals surface area (Å²) in [6, 6.07) is 0.195. The number of likely N-dealkylation sites (N-methyl/N-ethyl adjacent to an activating group) is 1. The Morgan fingerprint density at radius 1 is 1.45 bits per heavy atom. The quantitative estimate of drug-likeness (QED) is 0.797. The minimum atomic E-state index is 0.195. The molecule has 7 heteroatoms. The normalized spacial score (nSPS) is 12.8. The van der Waals surface area contributed by atoms with E-state index in [1.54, 1.807) is 18.4 Å². The molecular formula is C13H20N4O2S. The summed E-state index contributed by atoms with van der Waals surface area (Å²) in [7, 11) is 1.69. The topological polar surface area (TPSA) is 73.1 Å². The molecule has 0 radical (unpaired) electrons. The van der Waals surface area contributed by atoms with Gasteiger partial charge in [-0.3, -0.25) is 0 Å². The van der Waals surface area contributed by atoms with Gasteiger partial charge in [0.15, 0.2) is 5.82 Å². The van der Waals surface area contributed by atoms with E-state index in [9.17, 15) is 0 Å². The van der Waals surface area contributed by atoms with Crippen molar-refractivity contribution < 1.29 is 9.26 Å². The first-order valence-corrected chi connectivity index (χ1v) is 7.54. The maximum Gasteiger partial charge on any atom is 0.228 e. The lowest BCUT2D eigenvalue weighted by Gasteiger charge is -2.14. The summed E-state index contributed by atoms with van der Waals surface area (Å²) in [5, 5.41) is 10.4. The number of aromatic nitrogens is 3. The van der Waals surface area contributed by atoms with Gasteiger partial charge < -0.3 is 14.6 Å². The van der Waals surface area contributed by atoms with Gasteiger partial charge in [-0.05, 0) is 13.5 Å². The molecule has 0 bridgehead atoms. The number of ether oxygens (including phenoxy) is 1. The van der Waals surface area contributed by atoms with Gasteiger partial charge in [-0.15, -0.1) is 11.3 Å². The second-order valence-electron chi connectivity index (χ2n) is 4.58. The summed E-state index contributed by atoms with van der Waals surface area (Å²) >= 11 is 1.62. The Morgan fingerprint density at radius 2 is 2.30 bits per heavy atom. The van der Waals surface area contributed by atoms with Crippen molar-refractivity contribution in [3.05, 3.63) is 27.8 Å². The van der Waals surface area contributed by atoms with Crippen molar-refractivity contribution in [2.45, 2.75) is 32.7 Å². The molecule has 1 atom stereocenters. The third kappa shape index (κ3) is 4.36. The second-order valence-corrected chi connectivity index (χ2v) is 5.52. The molecule has 2 rings (SSSR count). The number of methoxy groups -OCH3 is 1. The molecule has 1 N–H and O–H groups in total. The molecule has 0 aromatic carbocycles. The molecule has 6 nitrogen and oxygen atoms in total. The van der Waals surface area contributed by atoms with Gasteiger partial charge in [-0.2, -0.15) is 4.98 Å². The number of nitrogens with zero attached hydrogens (tertiary/aromatic N) is 3. The Morgan fingerprint density at radius 3 is 2.95 bits per heavy atom. The summed E-state index contributed by atoms with van der Waals surface area (Å²) < 4.78 is 10.5. The van der Waals surface area contributed by atoms with E-state index in [0.29, 0.717) is 31.2 Å². The Hall–Kier alpha value is -1.31. The fraction of sp³-hybridized carbons (Fsp3) is 0.615. The van der Waals surface area contributed by atoms with Crippen LogP contribution in [0.3, 0.4) is 0 Å².